The highest BCUT2D eigenvalue weighted by molar-refractivity contribution is 5.84. The van der Waals surface area contributed by atoms with Crippen LogP contribution in [0.25, 0.3) is 0 Å². The highest BCUT2D eigenvalue weighted by atomic mass is 16.5. The van der Waals surface area contributed by atoms with Gasteiger partial charge in [-0.05, 0) is 31.6 Å². The fourth-order valence-corrected chi connectivity index (χ4v) is 3.02. The summed E-state index contributed by atoms with van der Waals surface area (Å²) in [4.78, 5) is 22.8. The molecule has 2 fully saturated rings. The van der Waals surface area contributed by atoms with E-state index in [1.165, 1.54) is 0 Å². The van der Waals surface area contributed by atoms with E-state index in [4.69, 9.17) is 4.74 Å². The van der Waals surface area contributed by atoms with Crippen LogP contribution in [0.2, 0.25) is 0 Å². The van der Waals surface area contributed by atoms with E-state index in [1.54, 1.807) is 0 Å². The lowest BCUT2D eigenvalue weighted by Gasteiger charge is -2.41. The van der Waals surface area contributed by atoms with Crippen molar-refractivity contribution in [1.82, 2.24) is 0 Å². The molecule has 0 amide bonds. The van der Waals surface area contributed by atoms with Gasteiger partial charge in [0.25, 0.3) is 0 Å². The molecule has 1 saturated carbocycles. The summed E-state index contributed by atoms with van der Waals surface area (Å²) in [7, 11) is 0. The van der Waals surface area contributed by atoms with Crippen molar-refractivity contribution in [2.75, 3.05) is 13.2 Å². The third-order valence-electron chi connectivity index (χ3n) is 4.13. The first kappa shape index (κ1) is 11.6. The van der Waals surface area contributed by atoms with Gasteiger partial charge in [0, 0.05) is 26.1 Å². The zero-order valence-corrected chi connectivity index (χ0v) is 9.41. The van der Waals surface area contributed by atoms with Crippen LogP contribution in [-0.4, -0.2) is 30.1 Å². The average molecular weight is 226 g/mol. The number of carbonyl (C=O) groups is 2. The van der Waals surface area contributed by atoms with Gasteiger partial charge in [0.05, 0.1) is 5.41 Å². The molecule has 0 aromatic heterocycles. The third kappa shape index (κ3) is 1.98. The Kier molecular flexibility index (Phi) is 3.28. The molecule has 0 aromatic rings. The number of ketones is 1. The quantitative estimate of drug-likeness (QED) is 0.777. The second kappa shape index (κ2) is 4.53. The zero-order valence-electron chi connectivity index (χ0n) is 9.41. The van der Waals surface area contributed by atoms with Crippen molar-refractivity contribution in [3.63, 3.8) is 0 Å². The Labute approximate surface area is 95.0 Å². The minimum absolute atomic E-state index is 0.187. The smallest absolute Gasteiger partial charge is 0.309 e. The van der Waals surface area contributed by atoms with Crippen LogP contribution in [0.4, 0.5) is 0 Å². The first-order chi connectivity index (χ1) is 7.65. The van der Waals surface area contributed by atoms with Crippen molar-refractivity contribution in [1.29, 1.82) is 0 Å². The summed E-state index contributed by atoms with van der Waals surface area (Å²) in [6.07, 6.45) is 3.55. The number of carbonyl (C=O) groups excluding carboxylic acids is 1. The zero-order chi connectivity index (χ0) is 11.6. The molecule has 1 aliphatic carbocycles. The van der Waals surface area contributed by atoms with Crippen LogP contribution in [0.3, 0.4) is 0 Å². The maximum atomic E-state index is 11.5. The number of aliphatic carboxylic acids is 1. The van der Waals surface area contributed by atoms with E-state index in [1.807, 2.05) is 0 Å². The molecule has 90 valence electrons. The van der Waals surface area contributed by atoms with Crippen molar-refractivity contribution < 1.29 is 19.4 Å². The van der Waals surface area contributed by atoms with E-state index < -0.39 is 11.4 Å². The van der Waals surface area contributed by atoms with Crippen LogP contribution in [0.15, 0.2) is 0 Å². The number of carboxylic acids is 1. The summed E-state index contributed by atoms with van der Waals surface area (Å²) >= 11 is 0. The van der Waals surface area contributed by atoms with E-state index >= 15 is 0 Å². The summed E-state index contributed by atoms with van der Waals surface area (Å²) in [5.74, 6) is -0.317. The van der Waals surface area contributed by atoms with Crippen LogP contribution in [0.1, 0.15) is 38.5 Å². The van der Waals surface area contributed by atoms with E-state index in [9.17, 15) is 14.7 Å². The molecule has 2 rings (SSSR count). The molecule has 2 aliphatic rings. The molecular weight excluding hydrogens is 208 g/mol. The summed E-state index contributed by atoms with van der Waals surface area (Å²) in [6, 6.07) is 0. The Bertz CT molecular complexity index is 281. The molecule has 1 heterocycles. The molecule has 0 bridgehead atoms. The van der Waals surface area contributed by atoms with Crippen LogP contribution in [-0.2, 0) is 14.3 Å². The topological polar surface area (TPSA) is 63.6 Å². The highest BCUT2D eigenvalue weighted by Crippen LogP contribution is 2.45. The first-order valence-corrected chi connectivity index (χ1v) is 5.98. The standard InChI is InChI=1S/C12H18O4/c13-10-1-5-12(6-2-10,11(14)15)9-3-7-16-8-4-9/h9H,1-8H2,(H,14,15). The van der Waals surface area contributed by atoms with Gasteiger partial charge in [-0.2, -0.15) is 0 Å². The Balaban J connectivity index is 2.14. The van der Waals surface area contributed by atoms with Crippen molar-refractivity contribution >= 4 is 11.8 Å². The molecular formula is C12H18O4. The van der Waals surface area contributed by atoms with E-state index in [2.05, 4.69) is 0 Å². The fraction of sp³-hybridized carbons (Fsp3) is 0.833. The molecule has 1 aliphatic heterocycles. The Hall–Kier alpha value is -0.900. The van der Waals surface area contributed by atoms with Crippen molar-refractivity contribution in [3.05, 3.63) is 0 Å². The summed E-state index contributed by atoms with van der Waals surface area (Å²) in [5.41, 5.74) is -0.655. The summed E-state index contributed by atoms with van der Waals surface area (Å²) in [5, 5.41) is 9.48. The second-order valence-electron chi connectivity index (χ2n) is 4.89. The van der Waals surface area contributed by atoms with Crippen LogP contribution >= 0.6 is 0 Å². The van der Waals surface area contributed by atoms with Gasteiger partial charge in [-0.3, -0.25) is 9.59 Å². The number of Topliss-reactive ketones (excluding diaryl/α,β-unsaturated/α-hetero) is 1. The van der Waals surface area contributed by atoms with Gasteiger partial charge in [-0.15, -0.1) is 0 Å². The van der Waals surface area contributed by atoms with Crippen molar-refractivity contribution in [2.45, 2.75) is 38.5 Å². The Morgan fingerprint density at radius 1 is 1.25 bits per heavy atom. The molecule has 0 radical (unpaired) electrons. The molecule has 0 atom stereocenters. The van der Waals surface area contributed by atoms with Crippen LogP contribution < -0.4 is 0 Å². The lowest BCUT2D eigenvalue weighted by molar-refractivity contribution is -0.159. The number of hydrogen-bond acceptors (Lipinski definition) is 3. The molecule has 1 saturated heterocycles. The van der Waals surface area contributed by atoms with Gasteiger partial charge in [0.1, 0.15) is 5.78 Å². The van der Waals surface area contributed by atoms with E-state index in [0.29, 0.717) is 38.9 Å². The van der Waals surface area contributed by atoms with Gasteiger partial charge >= 0.3 is 5.97 Å². The number of hydrogen-bond donors (Lipinski definition) is 1. The Morgan fingerprint density at radius 2 is 1.81 bits per heavy atom. The molecule has 16 heavy (non-hydrogen) atoms. The lowest BCUT2D eigenvalue weighted by atomic mass is 9.63. The Morgan fingerprint density at radius 3 is 2.31 bits per heavy atom. The molecule has 4 nitrogen and oxygen atoms in total. The van der Waals surface area contributed by atoms with Gasteiger partial charge < -0.3 is 9.84 Å². The van der Waals surface area contributed by atoms with Crippen LogP contribution in [0, 0.1) is 11.3 Å². The predicted octanol–water partition coefficient (Wildman–Crippen LogP) is 1.63. The first-order valence-electron chi connectivity index (χ1n) is 5.98. The normalized spacial score (nSPS) is 26.6. The SMILES string of the molecule is O=C1CCC(C(=O)O)(C2CCOCC2)CC1. The van der Waals surface area contributed by atoms with Gasteiger partial charge in [0.15, 0.2) is 0 Å². The third-order valence-corrected chi connectivity index (χ3v) is 4.13. The fourth-order valence-electron chi connectivity index (χ4n) is 3.02. The molecule has 4 heteroatoms. The van der Waals surface area contributed by atoms with Crippen molar-refractivity contribution in [2.24, 2.45) is 11.3 Å². The van der Waals surface area contributed by atoms with E-state index in [0.717, 1.165) is 12.8 Å². The lowest BCUT2D eigenvalue weighted by Crippen LogP contribution is -2.44. The molecule has 0 spiro atoms. The van der Waals surface area contributed by atoms with Gasteiger partial charge in [-0.25, -0.2) is 0 Å². The molecule has 1 N–H and O–H groups in total. The maximum absolute atomic E-state index is 11.5. The highest BCUT2D eigenvalue weighted by Gasteiger charge is 2.47. The molecule has 0 aromatic carbocycles. The van der Waals surface area contributed by atoms with E-state index in [-0.39, 0.29) is 11.7 Å². The predicted molar refractivity (Wildman–Crippen MR) is 57.1 cm³/mol. The number of ether oxygens (including phenoxy) is 1. The van der Waals surface area contributed by atoms with Crippen LogP contribution in [0.5, 0.6) is 0 Å². The summed E-state index contributed by atoms with van der Waals surface area (Å²) < 4.78 is 5.28. The average Bonchev–Trinajstić information content (AvgIpc) is 2.31. The maximum Gasteiger partial charge on any atom is 0.309 e. The second-order valence-corrected chi connectivity index (χ2v) is 4.89. The molecule has 0 unspecified atom stereocenters. The number of rotatable bonds is 2. The minimum atomic E-state index is -0.716. The van der Waals surface area contributed by atoms with Gasteiger partial charge in [0.2, 0.25) is 0 Å². The largest absolute Gasteiger partial charge is 0.481 e. The van der Waals surface area contributed by atoms with Crippen molar-refractivity contribution in [3.8, 4) is 0 Å². The summed E-state index contributed by atoms with van der Waals surface area (Å²) in [6.45, 7) is 1.32. The monoisotopic (exact) mass is 226 g/mol. The number of carboxylic acid groups (broad SMARTS) is 1. The van der Waals surface area contributed by atoms with Gasteiger partial charge in [-0.1, -0.05) is 0 Å². The minimum Gasteiger partial charge on any atom is -0.481 e.